The average molecular weight is 449 g/mol. The second-order valence-corrected chi connectivity index (χ2v) is 9.26. The number of carbonyl (C=O) groups excluding carboxylic acids is 2. The van der Waals surface area contributed by atoms with E-state index in [4.69, 9.17) is 4.74 Å². The monoisotopic (exact) mass is 448 g/mol. The quantitative estimate of drug-likeness (QED) is 0.669. The van der Waals surface area contributed by atoms with Gasteiger partial charge in [-0.15, -0.1) is 0 Å². The summed E-state index contributed by atoms with van der Waals surface area (Å²) in [4.78, 5) is 27.0. The first kappa shape index (κ1) is 23.8. The van der Waals surface area contributed by atoms with Crippen molar-refractivity contribution < 1.29 is 23.1 Å². The maximum Gasteiger partial charge on any atom is 0.318 e. The molecular weight excluding hydrogens is 418 g/mol. The van der Waals surface area contributed by atoms with Gasteiger partial charge in [-0.25, -0.2) is 13.6 Å². The molecule has 0 spiro atoms. The number of carbonyl (C=O) groups is 2. The molecule has 1 aliphatic heterocycles. The van der Waals surface area contributed by atoms with Crippen LogP contribution in [0.4, 0.5) is 13.6 Å². The van der Waals surface area contributed by atoms with Crippen molar-refractivity contribution in [2.75, 3.05) is 20.2 Å². The van der Waals surface area contributed by atoms with Gasteiger partial charge in [-0.3, -0.25) is 4.79 Å². The zero-order valence-electron chi connectivity index (χ0n) is 18.7. The predicted octanol–water partition coefficient (Wildman–Crippen LogP) is 3.40. The van der Waals surface area contributed by atoms with Crippen LogP contribution in [0.1, 0.15) is 57.4 Å². The van der Waals surface area contributed by atoms with Gasteiger partial charge < -0.3 is 20.3 Å². The summed E-state index contributed by atoms with van der Waals surface area (Å²) >= 11 is 0. The number of nitrogens with one attached hydrogen (secondary N) is 2. The lowest BCUT2D eigenvalue weighted by Crippen LogP contribution is -2.55. The number of ether oxygens (including phenoxy) is 1. The minimum atomic E-state index is -1.68. The van der Waals surface area contributed by atoms with Crippen LogP contribution in [-0.4, -0.2) is 54.3 Å². The largest absolute Gasteiger partial charge is 0.497 e. The molecule has 32 heavy (non-hydrogen) atoms. The van der Waals surface area contributed by atoms with Crippen LogP contribution < -0.4 is 15.4 Å². The van der Waals surface area contributed by atoms with E-state index in [1.807, 2.05) is 0 Å². The van der Waals surface area contributed by atoms with E-state index in [-0.39, 0.29) is 18.2 Å². The standard InChI is InChI=1S/C23H30F2N4O3/c1-22(2,25)13-19(20(30)28-23(14-26)8-9-23)27-21(31)29-10-6-15(7-11-29)17-12-16(32-3)4-5-18(17)24/h4-5,12,15,19H,6-11,13H2,1-3H3,(H,27,31)(H,28,30). The second kappa shape index (κ2) is 9.31. The van der Waals surface area contributed by atoms with E-state index < -0.39 is 29.2 Å². The first-order valence-electron chi connectivity index (χ1n) is 10.9. The van der Waals surface area contributed by atoms with Gasteiger partial charge in [0.2, 0.25) is 5.91 Å². The molecule has 1 aliphatic carbocycles. The van der Waals surface area contributed by atoms with Crippen molar-refractivity contribution in [1.29, 1.82) is 5.26 Å². The van der Waals surface area contributed by atoms with E-state index in [9.17, 15) is 23.6 Å². The van der Waals surface area contributed by atoms with Gasteiger partial charge in [0, 0.05) is 19.5 Å². The van der Waals surface area contributed by atoms with Crippen LogP contribution in [0.25, 0.3) is 0 Å². The Hall–Kier alpha value is -2.89. The molecule has 1 atom stereocenters. The number of amides is 3. The number of halogens is 2. The van der Waals surface area contributed by atoms with Crippen molar-refractivity contribution in [3.05, 3.63) is 29.6 Å². The zero-order valence-corrected chi connectivity index (χ0v) is 18.7. The maximum atomic E-state index is 14.3. The van der Waals surface area contributed by atoms with Crippen molar-refractivity contribution in [3.63, 3.8) is 0 Å². The van der Waals surface area contributed by atoms with E-state index in [1.165, 1.54) is 27.0 Å². The fourth-order valence-corrected chi connectivity index (χ4v) is 4.00. The molecule has 0 bridgehead atoms. The molecule has 3 amide bonds. The van der Waals surface area contributed by atoms with Gasteiger partial charge in [0.1, 0.15) is 28.8 Å². The molecule has 0 radical (unpaired) electrons. The number of piperidine rings is 1. The zero-order chi connectivity index (χ0) is 23.5. The summed E-state index contributed by atoms with van der Waals surface area (Å²) in [5, 5.41) is 14.5. The lowest BCUT2D eigenvalue weighted by Gasteiger charge is -2.34. The highest BCUT2D eigenvalue weighted by atomic mass is 19.1. The highest BCUT2D eigenvalue weighted by molar-refractivity contribution is 5.88. The number of alkyl halides is 1. The van der Waals surface area contributed by atoms with Crippen LogP contribution in [0, 0.1) is 17.1 Å². The van der Waals surface area contributed by atoms with Crippen LogP contribution in [0.5, 0.6) is 5.75 Å². The molecule has 1 heterocycles. The first-order chi connectivity index (χ1) is 15.1. The molecule has 7 nitrogen and oxygen atoms in total. The summed E-state index contributed by atoms with van der Waals surface area (Å²) < 4.78 is 33.8. The highest BCUT2D eigenvalue weighted by Crippen LogP contribution is 2.35. The number of hydrogen-bond donors (Lipinski definition) is 2. The van der Waals surface area contributed by atoms with E-state index in [0.29, 0.717) is 50.1 Å². The lowest BCUT2D eigenvalue weighted by atomic mass is 9.89. The number of benzene rings is 1. The van der Waals surface area contributed by atoms with Crippen LogP contribution in [-0.2, 0) is 4.79 Å². The average Bonchev–Trinajstić information content (AvgIpc) is 3.52. The van der Waals surface area contributed by atoms with E-state index in [1.54, 1.807) is 17.0 Å². The summed E-state index contributed by atoms with van der Waals surface area (Å²) in [7, 11) is 1.52. The summed E-state index contributed by atoms with van der Waals surface area (Å²) in [6, 6.07) is 5.12. The Morgan fingerprint density at radius 3 is 2.53 bits per heavy atom. The lowest BCUT2D eigenvalue weighted by molar-refractivity contribution is -0.124. The summed E-state index contributed by atoms with van der Waals surface area (Å²) in [6.07, 6.45) is 1.99. The molecule has 1 aromatic carbocycles. The molecule has 174 valence electrons. The minimum absolute atomic E-state index is 0.0524. The fraction of sp³-hybridized carbons (Fsp3) is 0.609. The predicted molar refractivity (Wildman–Crippen MR) is 114 cm³/mol. The third-order valence-electron chi connectivity index (χ3n) is 6.06. The van der Waals surface area contributed by atoms with E-state index >= 15 is 0 Å². The number of urea groups is 1. The summed E-state index contributed by atoms with van der Waals surface area (Å²) in [6.45, 7) is 3.43. The Labute approximate surface area is 187 Å². The van der Waals surface area contributed by atoms with Crippen LogP contribution in [0.2, 0.25) is 0 Å². The van der Waals surface area contributed by atoms with Crippen molar-refractivity contribution in [1.82, 2.24) is 15.5 Å². The minimum Gasteiger partial charge on any atom is -0.497 e. The van der Waals surface area contributed by atoms with Crippen molar-refractivity contribution in [2.45, 2.75) is 69.1 Å². The first-order valence-corrected chi connectivity index (χ1v) is 10.9. The molecule has 2 aliphatic rings. The van der Waals surface area contributed by atoms with Gasteiger partial charge in [0.25, 0.3) is 0 Å². The number of rotatable bonds is 7. The van der Waals surface area contributed by atoms with E-state index in [2.05, 4.69) is 16.7 Å². The normalized spacial score (nSPS) is 18.9. The second-order valence-electron chi connectivity index (χ2n) is 9.26. The number of methoxy groups -OCH3 is 1. The van der Waals surface area contributed by atoms with E-state index in [0.717, 1.165) is 0 Å². The Morgan fingerprint density at radius 1 is 1.34 bits per heavy atom. The number of nitriles is 1. The maximum absolute atomic E-state index is 14.3. The third-order valence-corrected chi connectivity index (χ3v) is 6.06. The van der Waals surface area contributed by atoms with Gasteiger partial charge in [0.05, 0.1) is 13.2 Å². The fourth-order valence-electron chi connectivity index (χ4n) is 4.00. The molecule has 0 aromatic heterocycles. The summed E-state index contributed by atoms with van der Waals surface area (Å²) in [5.74, 6) is -0.336. The Kier molecular flexibility index (Phi) is 6.91. The molecule has 2 N–H and O–H groups in total. The highest BCUT2D eigenvalue weighted by Gasteiger charge is 2.46. The SMILES string of the molecule is COc1ccc(F)c(C2CCN(C(=O)NC(CC(C)(C)F)C(=O)NC3(C#N)CC3)CC2)c1. The topological polar surface area (TPSA) is 94.5 Å². The number of likely N-dealkylation sites (tertiary alicyclic amines) is 1. The van der Waals surface area contributed by atoms with Gasteiger partial charge in [-0.2, -0.15) is 5.26 Å². The Bertz CT molecular complexity index is 897. The van der Waals surface area contributed by atoms with Gasteiger partial charge in [-0.1, -0.05) is 0 Å². The molecule has 9 heteroatoms. The Morgan fingerprint density at radius 2 is 2.00 bits per heavy atom. The summed E-state index contributed by atoms with van der Waals surface area (Å²) in [5.41, 5.74) is -2.03. The van der Waals surface area contributed by atoms with Gasteiger partial charge in [0.15, 0.2) is 0 Å². The molecule has 1 saturated heterocycles. The number of nitrogens with zero attached hydrogens (tertiary/aromatic N) is 2. The molecule has 2 fully saturated rings. The Balaban J connectivity index is 1.61. The molecular formula is C23H30F2N4O3. The van der Waals surface area contributed by atoms with Crippen molar-refractivity contribution >= 4 is 11.9 Å². The number of hydrogen-bond acceptors (Lipinski definition) is 4. The smallest absolute Gasteiger partial charge is 0.318 e. The van der Waals surface area contributed by atoms with Crippen LogP contribution >= 0.6 is 0 Å². The molecule has 1 aromatic rings. The van der Waals surface area contributed by atoms with Crippen molar-refractivity contribution in [2.24, 2.45) is 0 Å². The van der Waals surface area contributed by atoms with Crippen molar-refractivity contribution in [3.8, 4) is 11.8 Å². The molecule has 1 unspecified atom stereocenters. The van der Waals surface area contributed by atoms with Crippen LogP contribution in [0.3, 0.4) is 0 Å². The van der Waals surface area contributed by atoms with Crippen LogP contribution in [0.15, 0.2) is 18.2 Å². The van der Waals surface area contributed by atoms with Gasteiger partial charge >= 0.3 is 6.03 Å². The van der Waals surface area contributed by atoms with Gasteiger partial charge in [-0.05, 0) is 69.2 Å². The third kappa shape index (κ3) is 5.87. The molecule has 3 rings (SSSR count). The molecule has 1 saturated carbocycles.